The molecule has 2 nitrogen and oxygen atoms in total. The van der Waals surface area contributed by atoms with Gasteiger partial charge in [-0.05, 0) is 12.5 Å². The molecule has 0 heterocycles. The Labute approximate surface area is 76.6 Å². The fourth-order valence-corrected chi connectivity index (χ4v) is 1.06. The Kier molecular flexibility index (Phi) is 2.76. The van der Waals surface area contributed by atoms with Crippen molar-refractivity contribution >= 4 is 18.6 Å². The highest BCUT2D eigenvalue weighted by Gasteiger charge is 2.13. The molecule has 0 aromatic heterocycles. The molecule has 3 heteroatoms. The molecule has 0 aliphatic carbocycles. The van der Waals surface area contributed by atoms with Crippen molar-refractivity contribution in [1.82, 2.24) is 0 Å². The molecule has 1 aromatic rings. The van der Waals surface area contributed by atoms with Crippen LogP contribution < -0.4 is 0 Å². The molecule has 0 unspecified atom stereocenters. The van der Waals surface area contributed by atoms with Gasteiger partial charge in [-0.1, -0.05) is 29.8 Å². The maximum atomic E-state index is 10.5. The second-order valence-corrected chi connectivity index (χ2v) is 3.17. The lowest BCUT2D eigenvalue weighted by molar-refractivity contribution is -0.136. The predicted octanol–water partition coefficient (Wildman–Crippen LogP) is 2.05. The third-order valence-electron chi connectivity index (χ3n) is 1.63. The van der Waals surface area contributed by atoms with Crippen LogP contribution in [0.2, 0.25) is 0 Å². The number of rotatable bonds is 2. The molecule has 0 aliphatic rings. The first-order valence-electron chi connectivity index (χ1n) is 3.58. The van der Waals surface area contributed by atoms with E-state index in [2.05, 4.69) is 12.6 Å². The minimum absolute atomic E-state index is 0.717. The number of carboxylic acid groups (broad SMARTS) is 1. The Balaban J connectivity index is 2.89. The molecular weight excluding hydrogens is 172 g/mol. The van der Waals surface area contributed by atoms with Crippen LogP contribution >= 0.6 is 12.6 Å². The van der Waals surface area contributed by atoms with Crippen LogP contribution in [0.25, 0.3) is 0 Å². The van der Waals surface area contributed by atoms with Gasteiger partial charge in [0, 0.05) is 0 Å². The third kappa shape index (κ3) is 2.01. The number of carboxylic acids is 1. The van der Waals surface area contributed by atoms with Gasteiger partial charge in [0.15, 0.2) is 0 Å². The Morgan fingerprint density at radius 2 is 1.92 bits per heavy atom. The molecule has 0 spiro atoms. The van der Waals surface area contributed by atoms with Crippen molar-refractivity contribution in [2.24, 2.45) is 0 Å². The van der Waals surface area contributed by atoms with Crippen molar-refractivity contribution in [2.75, 3.05) is 0 Å². The summed E-state index contributed by atoms with van der Waals surface area (Å²) in [6.07, 6.45) is 0. The first-order chi connectivity index (χ1) is 5.61. The van der Waals surface area contributed by atoms with Crippen LogP contribution in [0.15, 0.2) is 24.3 Å². The maximum absolute atomic E-state index is 10.5. The minimum Gasteiger partial charge on any atom is -0.480 e. The number of hydrogen-bond acceptors (Lipinski definition) is 2. The van der Waals surface area contributed by atoms with Crippen LogP contribution in [-0.2, 0) is 4.79 Å². The van der Waals surface area contributed by atoms with Crippen LogP contribution in [0.5, 0.6) is 0 Å². The number of thiol groups is 1. The lowest BCUT2D eigenvalue weighted by Crippen LogP contribution is -2.04. The van der Waals surface area contributed by atoms with Gasteiger partial charge in [0.25, 0.3) is 0 Å². The van der Waals surface area contributed by atoms with E-state index in [1.165, 1.54) is 0 Å². The Morgan fingerprint density at radius 3 is 2.33 bits per heavy atom. The Hall–Kier alpha value is -0.960. The van der Waals surface area contributed by atoms with E-state index in [1.807, 2.05) is 19.1 Å². The summed E-state index contributed by atoms with van der Waals surface area (Å²) in [7, 11) is 0. The average molecular weight is 182 g/mol. The Bertz CT molecular complexity index is 279. The molecule has 1 N–H and O–H groups in total. The van der Waals surface area contributed by atoms with Gasteiger partial charge in [-0.25, -0.2) is 0 Å². The number of hydrogen-bond donors (Lipinski definition) is 2. The van der Waals surface area contributed by atoms with Crippen molar-refractivity contribution in [3.8, 4) is 0 Å². The standard InChI is InChI=1S/C9H10O2S/c1-6-2-4-7(5-3-6)8(12)9(10)11/h2-5,8,12H,1H3,(H,10,11)/t8-/m1/s1. The van der Waals surface area contributed by atoms with Gasteiger partial charge < -0.3 is 5.11 Å². The zero-order valence-corrected chi connectivity index (χ0v) is 7.58. The quantitative estimate of drug-likeness (QED) is 0.687. The third-order valence-corrected chi connectivity index (χ3v) is 2.15. The van der Waals surface area contributed by atoms with E-state index in [4.69, 9.17) is 5.11 Å². The van der Waals surface area contributed by atoms with Gasteiger partial charge in [0.05, 0.1) is 0 Å². The van der Waals surface area contributed by atoms with E-state index in [0.717, 1.165) is 11.1 Å². The van der Waals surface area contributed by atoms with E-state index in [0.29, 0.717) is 0 Å². The summed E-state index contributed by atoms with van der Waals surface area (Å²) in [5.41, 5.74) is 1.83. The highest BCUT2D eigenvalue weighted by atomic mass is 32.1. The summed E-state index contributed by atoms with van der Waals surface area (Å²) < 4.78 is 0. The van der Waals surface area contributed by atoms with Crippen molar-refractivity contribution < 1.29 is 9.90 Å². The molecule has 1 rings (SSSR count). The van der Waals surface area contributed by atoms with Crippen molar-refractivity contribution in [3.05, 3.63) is 35.4 Å². The topological polar surface area (TPSA) is 37.3 Å². The highest BCUT2D eigenvalue weighted by molar-refractivity contribution is 7.81. The fourth-order valence-electron chi connectivity index (χ4n) is 0.891. The van der Waals surface area contributed by atoms with Crippen LogP contribution in [0, 0.1) is 6.92 Å². The highest BCUT2D eigenvalue weighted by Crippen LogP contribution is 2.19. The summed E-state index contributed by atoms with van der Waals surface area (Å²) in [6.45, 7) is 1.96. The molecular formula is C9H10O2S. The average Bonchev–Trinajstić information content (AvgIpc) is 2.04. The molecule has 12 heavy (non-hydrogen) atoms. The van der Waals surface area contributed by atoms with Gasteiger partial charge in [0.1, 0.15) is 5.25 Å². The molecule has 1 atom stereocenters. The van der Waals surface area contributed by atoms with Crippen LogP contribution in [0.4, 0.5) is 0 Å². The summed E-state index contributed by atoms with van der Waals surface area (Å²) in [5, 5.41) is 7.91. The fraction of sp³-hybridized carbons (Fsp3) is 0.222. The zero-order valence-electron chi connectivity index (χ0n) is 6.69. The number of aliphatic carboxylic acids is 1. The predicted molar refractivity (Wildman–Crippen MR) is 50.5 cm³/mol. The van der Waals surface area contributed by atoms with E-state index in [9.17, 15) is 4.79 Å². The van der Waals surface area contributed by atoms with E-state index < -0.39 is 11.2 Å². The van der Waals surface area contributed by atoms with Gasteiger partial charge in [0.2, 0.25) is 0 Å². The van der Waals surface area contributed by atoms with Gasteiger partial charge >= 0.3 is 5.97 Å². The second-order valence-electron chi connectivity index (χ2n) is 2.65. The SMILES string of the molecule is Cc1ccc([C@@H](S)C(=O)O)cc1. The largest absolute Gasteiger partial charge is 0.480 e. The summed E-state index contributed by atoms with van der Waals surface area (Å²) in [4.78, 5) is 10.5. The number of benzene rings is 1. The summed E-state index contributed by atoms with van der Waals surface area (Å²) in [5.74, 6) is -0.915. The van der Waals surface area contributed by atoms with Gasteiger partial charge in [-0.2, -0.15) is 12.6 Å². The van der Waals surface area contributed by atoms with E-state index >= 15 is 0 Å². The monoisotopic (exact) mass is 182 g/mol. The number of aryl methyl sites for hydroxylation is 1. The van der Waals surface area contributed by atoms with E-state index in [-0.39, 0.29) is 0 Å². The Morgan fingerprint density at radius 1 is 1.42 bits per heavy atom. The molecule has 0 bridgehead atoms. The number of carbonyl (C=O) groups is 1. The molecule has 0 fully saturated rings. The molecule has 0 saturated heterocycles. The zero-order chi connectivity index (χ0) is 9.14. The maximum Gasteiger partial charge on any atom is 0.320 e. The first kappa shape index (κ1) is 9.13. The lowest BCUT2D eigenvalue weighted by atomic mass is 10.1. The molecule has 0 amide bonds. The normalized spacial score (nSPS) is 12.5. The summed E-state index contributed by atoms with van der Waals surface area (Å²) in [6, 6.07) is 7.31. The van der Waals surface area contributed by atoms with Crippen molar-refractivity contribution in [2.45, 2.75) is 12.2 Å². The molecule has 64 valence electrons. The van der Waals surface area contributed by atoms with E-state index in [1.54, 1.807) is 12.1 Å². The van der Waals surface area contributed by atoms with Crippen LogP contribution in [0.1, 0.15) is 16.4 Å². The molecule has 0 saturated carbocycles. The lowest BCUT2D eigenvalue weighted by Gasteiger charge is -2.04. The van der Waals surface area contributed by atoms with Crippen LogP contribution in [-0.4, -0.2) is 11.1 Å². The second kappa shape index (κ2) is 3.63. The molecule has 0 aliphatic heterocycles. The molecule has 0 radical (unpaired) electrons. The van der Waals surface area contributed by atoms with Gasteiger partial charge in [-0.15, -0.1) is 0 Å². The molecule has 1 aromatic carbocycles. The minimum atomic E-state index is -0.915. The van der Waals surface area contributed by atoms with Crippen molar-refractivity contribution in [1.29, 1.82) is 0 Å². The van der Waals surface area contributed by atoms with Crippen LogP contribution in [0.3, 0.4) is 0 Å². The first-order valence-corrected chi connectivity index (χ1v) is 4.10. The van der Waals surface area contributed by atoms with Crippen molar-refractivity contribution in [3.63, 3.8) is 0 Å². The summed E-state index contributed by atoms with van der Waals surface area (Å²) >= 11 is 3.95. The smallest absolute Gasteiger partial charge is 0.320 e. The van der Waals surface area contributed by atoms with Gasteiger partial charge in [-0.3, -0.25) is 4.79 Å².